The number of carboxylic acids is 1. The smallest absolute Gasteiger partial charge is 0.337 e. The van der Waals surface area contributed by atoms with Crippen molar-refractivity contribution in [3.05, 3.63) is 71.4 Å². The number of hydrogen-bond acceptors (Lipinski definition) is 7. The Morgan fingerprint density at radius 3 is 2.39 bits per heavy atom. The first-order valence-corrected chi connectivity index (χ1v) is 9.45. The number of hydrogen-bond donors (Lipinski definition) is 5. The lowest BCUT2D eigenvalue weighted by Crippen LogP contribution is -2.24. The Balaban J connectivity index is 2.00. The molecule has 10 nitrogen and oxygen atoms in total. The van der Waals surface area contributed by atoms with Crippen LogP contribution in [0.2, 0.25) is 0 Å². The van der Waals surface area contributed by atoms with E-state index < -0.39 is 29.2 Å². The van der Waals surface area contributed by atoms with E-state index in [4.69, 9.17) is 10.7 Å². The summed E-state index contributed by atoms with van der Waals surface area (Å²) >= 11 is 0. The summed E-state index contributed by atoms with van der Waals surface area (Å²) in [7, 11) is 0. The highest BCUT2D eigenvalue weighted by Gasteiger charge is 2.22. The van der Waals surface area contributed by atoms with Crippen LogP contribution < -0.4 is 10.6 Å². The number of aromatic hydroxyl groups is 1. The number of nitriles is 1. The van der Waals surface area contributed by atoms with Crippen molar-refractivity contribution in [3.63, 3.8) is 0 Å². The quantitative estimate of drug-likeness (QED) is 0.364. The second-order valence-electron chi connectivity index (χ2n) is 6.82. The molecule has 0 spiro atoms. The molecule has 2 amide bonds. The van der Waals surface area contributed by atoms with E-state index in [0.717, 1.165) is 6.07 Å². The maximum atomic E-state index is 12.7. The van der Waals surface area contributed by atoms with Gasteiger partial charge >= 0.3 is 5.97 Å². The van der Waals surface area contributed by atoms with Crippen LogP contribution in [-0.2, 0) is 9.59 Å². The van der Waals surface area contributed by atoms with Gasteiger partial charge in [-0.25, -0.2) is 4.79 Å². The van der Waals surface area contributed by atoms with Crippen molar-refractivity contribution < 1.29 is 24.6 Å². The van der Waals surface area contributed by atoms with Crippen LogP contribution in [-0.4, -0.2) is 38.7 Å². The molecule has 33 heavy (non-hydrogen) atoms. The molecule has 0 radical (unpaired) electrons. The average Bonchev–Trinajstić information content (AvgIpc) is 2.79. The normalized spacial score (nSPS) is 10.1. The van der Waals surface area contributed by atoms with Crippen molar-refractivity contribution in [1.82, 2.24) is 4.98 Å². The Bertz CT molecular complexity index is 1330. The number of aromatic carboxylic acids is 1. The summed E-state index contributed by atoms with van der Waals surface area (Å²) in [5.74, 6) is -3.20. The van der Waals surface area contributed by atoms with Gasteiger partial charge in [-0.3, -0.25) is 20.0 Å². The van der Waals surface area contributed by atoms with Crippen molar-refractivity contribution in [2.45, 2.75) is 6.92 Å². The molecule has 0 aliphatic rings. The molecular weight excluding hydrogens is 426 g/mol. The first-order chi connectivity index (χ1) is 15.7. The van der Waals surface area contributed by atoms with Crippen LogP contribution >= 0.6 is 0 Å². The largest absolute Gasteiger partial charge is 0.507 e. The van der Waals surface area contributed by atoms with Gasteiger partial charge in [0.2, 0.25) is 5.91 Å². The molecule has 1 aromatic heterocycles. The van der Waals surface area contributed by atoms with Gasteiger partial charge in [-0.05, 0) is 36.4 Å². The number of carboxylic acid groups (broad SMARTS) is 1. The molecule has 0 fully saturated rings. The zero-order valence-electron chi connectivity index (χ0n) is 17.2. The fourth-order valence-corrected chi connectivity index (χ4v) is 3.02. The van der Waals surface area contributed by atoms with Crippen molar-refractivity contribution in [2.24, 2.45) is 0 Å². The van der Waals surface area contributed by atoms with Crippen molar-refractivity contribution in [1.29, 1.82) is 10.7 Å². The summed E-state index contributed by atoms with van der Waals surface area (Å²) in [5.41, 5.74) is -0.142. The molecule has 0 bridgehead atoms. The number of pyridine rings is 1. The van der Waals surface area contributed by atoms with Crippen molar-refractivity contribution in [3.8, 4) is 23.1 Å². The van der Waals surface area contributed by atoms with Gasteiger partial charge in [-0.15, -0.1) is 0 Å². The number of carbonyl (C=O) groups is 3. The summed E-state index contributed by atoms with van der Waals surface area (Å²) in [6.07, 6.45) is 1.52. The van der Waals surface area contributed by atoms with E-state index in [0.29, 0.717) is 11.3 Å². The van der Waals surface area contributed by atoms with Crippen LogP contribution in [0, 0.1) is 16.7 Å². The maximum Gasteiger partial charge on any atom is 0.337 e. The third kappa shape index (κ3) is 5.00. The summed E-state index contributed by atoms with van der Waals surface area (Å²) in [4.78, 5) is 40.0. The Hall–Kier alpha value is -5.04. The molecule has 164 valence electrons. The molecule has 2 aromatic carbocycles. The highest BCUT2D eigenvalue weighted by atomic mass is 16.4. The van der Waals surface area contributed by atoms with Crippen LogP contribution in [0.5, 0.6) is 5.75 Å². The molecule has 0 unspecified atom stereocenters. The number of rotatable bonds is 6. The maximum absolute atomic E-state index is 12.7. The summed E-state index contributed by atoms with van der Waals surface area (Å²) in [5, 5.41) is 41.9. The van der Waals surface area contributed by atoms with E-state index in [9.17, 15) is 24.6 Å². The highest BCUT2D eigenvalue weighted by Crippen LogP contribution is 2.33. The average molecular weight is 443 g/mol. The van der Waals surface area contributed by atoms with Gasteiger partial charge in [-0.2, -0.15) is 5.26 Å². The minimum Gasteiger partial charge on any atom is -0.507 e. The third-order valence-corrected chi connectivity index (χ3v) is 4.51. The second-order valence-corrected chi connectivity index (χ2v) is 6.82. The highest BCUT2D eigenvalue weighted by molar-refractivity contribution is 6.48. The summed E-state index contributed by atoms with van der Waals surface area (Å²) in [6.45, 7) is 1.29. The molecule has 3 aromatic rings. The lowest BCUT2D eigenvalue weighted by Gasteiger charge is -2.15. The van der Waals surface area contributed by atoms with E-state index in [1.165, 1.54) is 37.4 Å². The minimum atomic E-state index is -1.37. The van der Waals surface area contributed by atoms with Gasteiger partial charge in [0, 0.05) is 30.3 Å². The zero-order chi connectivity index (χ0) is 24.1. The van der Waals surface area contributed by atoms with E-state index in [2.05, 4.69) is 15.6 Å². The first kappa shape index (κ1) is 22.6. The Morgan fingerprint density at radius 1 is 1.03 bits per heavy atom. The number of carbonyl (C=O) groups excluding carboxylic acids is 2. The second kappa shape index (κ2) is 9.40. The van der Waals surface area contributed by atoms with Crippen LogP contribution in [0.1, 0.15) is 28.4 Å². The molecule has 5 N–H and O–H groups in total. The topological polar surface area (TPSA) is 176 Å². The van der Waals surface area contributed by atoms with Gasteiger partial charge in [0.05, 0.1) is 34.3 Å². The Labute approximate surface area is 187 Å². The number of nitrogens with zero attached hydrogens (tertiary/aromatic N) is 2. The molecule has 1 heterocycles. The lowest BCUT2D eigenvalue weighted by atomic mass is 10.00. The Morgan fingerprint density at radius 2 is 1.79 bits per heavy atom. The van der Waals surface area contributed by atoms with Gasteiger partial charge < -0.3 is 20.8 Å². The molecule has 10 heteroatoms. The fourth-order valence-electron chi connectivity index (χ4n) is 3.02. The van der Waals surface area contributed by atoms with Crippen molar-refractivity contribution >= 4 is 34.9 Å². The monoisotopic (exact) mass is 443 g/mol. The van der Waals surface area contributed by atoms with Gasteiger partial charge in [-0.1, -0.05) is 6.07 Å². The number of benzene rings is 2. The van der Waals surface area contributed by atoms with Crippen LogP contribution in [0.25, 0.3) is 11.3 Å². The number of nitrogens with one attached hydrogen (secondary N) is 3. The number of phenols is 1. The molecular formula is C23H17N5O5. The number of phenolic OH excluding ortho intramolecular Hbond substituents is 1. The lowest BCUT2D eigenvalue weighted by molar-refractivity contribution is -0.114. The van der Waals surface area contributed by atoms with Crippen LogP contribution in [0.3, 0.4) is 0 Å². The van der Waals surface area contributed by atoms with Crippen LogP contribution in [0.4, 0.5) is 11.4 Å². The number of aromatic nitrogens is 1. The SMILES string of the molecule is CC(=O)Nc1cc(O)c(C(=N)C(=O)Nc2ccc(C#N)cc2C(=O)O)cc1-c1ccccn1. The summed E-state index contributed by atoms with van der Waals surface area (Å²) in [6, 6.07) is 13.1. The molecule has 0 aliphatic heterocycles. The molecule has 3 rings (SSSR count). The van der Waals surface area contributed by atoms with Crippen LogP contribution in [0.15, 0.2) is 54.7 Å². The minimum absolute atomic E-state index is 0.0895. The molecule has 0 saturated heterocycles. The van der Waals surface area contributed by atoms with Gasteiger partial charge in [0.15, 0.2) is 0 Å². The predicted molar refractivity (Wildman–Crippen MR) is 119 cm³/mol. The molecule has 0 aliphatic carbocycles. The molecule has 0 saturated carbocycles. The Kier molecular flexibility index (Phi) is 6.45. The summed E-state index contributed by atoms with van der Waals surface area (Å²) < 4.78 is 0. The van der Waals surface area contributed by atoms with Crippen molar-refractivity contribution in [2.75, 3.05) is 10.6 Å². The van der Waals surface area contributed by atoms with Gasteiger partial charge in [0.1, 0.15) is 11.5 Å². The van der Waals surface area contributed by atoms with E-state index in [-0.39, 0.29) is 28.1 Å². The number of anilines is 2. The standard InChI is InChI=1S/C23H17N5O5/c1-12(29)27-19-10-20(30)16(9-14(19)17-4-2-3-7-26-17)21(25)22(31)28-18-6-5-13(11-24)8-15(18)23(32)33/h2-10,25,30H,1H3,(H,27,29)(H,28,31)(H,32,33). The molecule has 0 atom stereocenters. The van der Waals surface area contributed by atoms with E-state index in [1.54, 1.807) is 18.2 Å². The first-order valence-electron chi connectivity index (χ1n) is 9.45. The van der Waals surface area contributed by atoms with E-state index in [1.807, 2.05) is 6.07 Å². The predicted octanol–water partition coefficient (Wildman–Crippen LogP) is 2.99. The fraction of sp³-hybridized carbons (Fsp3) is 0.0435. The third-order valence-electron chi connectivity index (χ3n) is 4.51. The van der Waals surface area contributed by atoms with Gasteiger partial charge in [0.25, 0.3) is 5.91 Å². The van der Waals surface area contributed by atoms with E-state index >= 15 is 0 Å². The number of amides is 2. The zero-order valence-corrected chi connectivity index (χ0v) is 17.2.